The molecule has 4 nitrogen and oxygen atoms in total. The first-order valence-corrected chi connectivity index (χ1v) is 9.38. The van der Waals surface area contributed by atoms with Crippen molar-refractivity contribution in [2.45, 2.75) is 26.5 Å². The van der Waals surface area contributed by atoms with Crippen LogP contribution in [0, 0.1) is 0 Å². The van der Waals surface area contributed by atoms with Gasteiger partial charge in [0.25, 0.3) is 0 Å². The lowest BCUT2D eigenvalue weighted by molar-refractivity contribution is 0.0907. The van der Waals surface area contributed by atoms with Gasteiger partial charge in [-0.3, -0.25) is 0 Å². The van der Waals surface area contributed by atoms with E-state index in [0.29, 0.717) is 18.4 Å². The Hall–Kier alpha value is -0.430. The number of rotatable bonds is 9. The molecular formula is C14H22BrNO3S. The summed E-state index contributed by atoms with van der Waals surface area (Å²) in [6, 6.07) is 9.61. The first kappa shape index (κ1) is 17.6. The predicted octanol–water partition coefficient (Wildman–Crippen LogP) is 2.64. The molecular weight excluding hydrogens is 342 g/mol. The Labute approximate surface area is 130 Å². The van der Waals surface area contributed by atoms with Crippen molar-refractivity contribution < 1.29 is 13.2 Å². The van der Waals surface area contributed by atoms with E-state index < -0.39 is 10.0 Å². The van der Waals surface area contributed by atoms with E-state index in [1.54, 1.807) is 0 Å². The average molecular weight is 364 g/mol. The van der Waals surface area contributed by atoms with Crippen LogP contribution >= 0.6 is 15.9 Å². The van der Waals surface area contributed by atoms with Gasteiger partial charge in [-0.2, -0.15) is 4.31 Å². The number of ether oxygens (including phenoxy) is 1. The molecule has 0 aliphatic rings. The summed E-state index contributed by atoms with van der Waals surface area (Å²) in [5.41, 5.74) is 0.988. The maximum atomic E-state index is 12.3. The molecule has 114 valence electrons. The Morgan fingerprint density at radius 1 is 1.25 bits per heavy atom. The van der Waals surface area contributed by atoms with Gasteiger partial charge in [0.2, 0.25) is 10.0 Å². The minimum absolute atomic E-state index is 0.0189. The van der Waals surface area contributed by atoms with Crippen molar-refractivity contribution >= 4 is 26.0 Å². The number of sulfonamides is 1. The predicted molar refractivity (Wildman–Crippen MR) is 85.5 cm³/mol. The van der Waals surface area contributed by atoms with Gasteiger partial charge in [0.1, 0.15) is 0 Å². The van der Waals surface area contributed by atoms with E-state index in [1.807, 2.05) is 44.2 Å². The molecule has 0 N–H and O–H groups in total. The molecule has 20 heavy (non-hydrogen) atoms. The third-order valence-corrected chi connectivity index (χ3v) is 4.86. The van der Waals surface area contributed by atoms with E-state index in [0.717, 1.165) is 5.56 Å². The average Bonchev–Trinajstić information content (AvgIpc) is 2.38. The Balaban J connectivity index is 2.68. The summed E-state index contributed by atoms with van der Waals surface area (Å²) in [6.07, 6.45) is 0.0453. The molecule has 0 unspecified atom stereocenters. The smallest absolute Gasteiger partial charge is 0.216 e. The maximum Gasteiger partial charge on any atom is 0.216 e. The molecule has 0 aliphatic carbocycles. The highest BCUT2D eigenvalue weighted by atomic mass is 79.9. The standard InChI is InChI=1S/C14H22BrNO3S/c1-13(2)19-10-11-20(17,18)16(9-8-15)12-14-6-4-3-5-7-14/h3-7,13H,8-12H2,1-2H3. The summed E-state index contributed by atoms with van der Waals surface area (Å²) in [5, 5.41) is 0.615. The van der Waals surface area contributed by atoms with E-state index >= 15 is 0 Å². The molecule has 0 bridgehead atoms. The Kier molecular flexibility index (Phi) is 7.72. The molecule has 0 aromatic heterocycles. The highest BCUT2D eigenvalue weighted by Crippen LogP contribution is 2.10. The van der Waals surface area contributed by atoms with Gasteiger partial charge >= 0.3 is 0 Å². The third kappa shape index (κ3) is 6.35. The maximum absolute atomic E-state index is 12.3. The van der Waals surface area contributed by atoms with Gasteiger partial charge in [-0.05, 0) is 19.4 Å². The normalized spacial score (nSPS) is 12.2. The van der Waals surface area contributed by atoms with Gasteiger partial charge in [-0.1, -0.05) is 46.3 Å². The van der Waals surface area contributed by atoms with Gasteiger partial charge in [-0.25, -0.2) is 8.42 Å². The Bertz CT molecular complexity index is 476. The van der Waals surface area contributed by atoms with Crippen LogP contribution in [0.3, 0.4) is 0 Å². The van der Waals surface area contributed by atoms with E-state index in [-0.39, 0.29) is 18.5 Å². The van der Waals surface area contributed by atoms with Crippen LogP contribution in [-0.2, 0) is 21.3 Å². The molecule has 0 radical (unpaired) electrons. The number of hydrogen-bond acceptors (Lipinski definition) is 3. The molecule has 1 aromatic carbocycles. The van der Waals surface area contributed by atoms with Gasteiger partial charge in [-0.15, -0.1) is 0 Å². The van der Waals surface area contributed by atoms with Crippen LogP contribution in [0.4, 0.5) is 0 Å². The minimum Gasteiger partial charge on any atom is -0.378 e. The summed E-state index contributed by atoms with van der Waals surface area (Å²) in [5.74, 6) is 0.0189. The molecule has 0 atom stereocenters. The van der Waals surface area contributed by atoms with Crippen LogP contribution in [0.1, 0.15) is 19.4 Å². The van der Waals surface area contributed by atoms with Crippen LogP contribution in [0.5, 0.6) is 0 Å². The molecule has 0 saturated carbocycles. The van der Waals surface area contributed by atoms with Crippen LogP contribution in [0.15, 0.2) is 30.3 Å². The van der Waals surface area contributed by atoms with Gasteiger partial charge < -0.3 is 4.74 Å². The number of hydrogen-bond donors (Lipinski definition) is 0. The SMILES string of the molecule is CC(C)OCCS(=O)(=O)N(CCBr)Cc1ccccc1. The van der Waals surface area contributed by atoms with Crippen LogP contribution in [0.25, 0.3) is 0 Å². The monoisotopic (exact) mass is 363 g/mol. The van der Waals surface area contributed by atoms with Crippen LogP contribution in [0.2, 0.25) is 0 Å². The van der Waals surface area contributed by atoms with Crippen molar-refractivity contribution in [2.75, 3.05) is 24.2 Å². The second kappa shape index (κ2) is 8.77. The van der Waals surface area contributed by atoms with Gasteiger partial charge in [0.05, 0.1) is 18.5 Å². The molecule has 0 aliphatic heterocycles. The first-order chi connectivity index (χ1) is 9.45. The topological polar surface area (TPSA) is 46.6 Å². The number of benzene rings is 1. The Morgan fingerprint density at radius 3 is 2.45 bits per heavy atom. The fourth-order valence-corrected chi connectivity index (χ4v) is 3.66. The summed E-state index contributed by atoms with van der Waals surface area (Å²) in [6.45, 7) is 4.88. The summed E-state index contributed by atoms with van der Waals surface area (Å²) >= 11 is 3.31. The van der Waals surface area contributed by atoms with Gasteiger partial charge in [0.15, 0.2) is 0 Å². The first-order valence-electron chi connectivity index (χ1n) is 6.65. The largest absolute Gasteiger partial charge is 0.378 e. The third-order valence-electron chi connectivity index (χ3n) is 2.72. The molecule has 0 fully saturated rings. The molecule has 1 rings (SSSR count). The molecule has 0 amide bonds. The highest BCUT2D eigenvalue weighted by Gasteiger charge is 2.21. The van der Waals surface area contributed by atoms with Crippen molar-refractivity contribution in [2.24, 2.45) is 0 Å². The fraction of sp³-hybridized carbons (Fsp3) is 0.571. The second-order valence-corrected chi connectivity index (χ2v) is 7.63. The Morgan fingerprint density at radius 2 is 1.90 bits per heavy atom. The van der Waals surface area contributed by atoms with Crippen molar-refractivity contribution in [3.05, 3.63) is 35.9 Å². The zero-order valence-corrected chi connectivity index (χ0v) is 14.4. The summed E-state index contributed by atoms with van der Waals surface area (Å²) < 4.78 is 31.5. The van der Waals surface area contributed by atoms with E-state index in [4.69, 9.17) is 4.74 Å². The zero-order chi connectivity index (χ0) is 15.0. The molecule has 6 heteroatoms. The number of alkyl halides is 1. The summed E-state index contributed by atoms with van der Waals surface area (Å²) in [7, 11) is -3.30. The second-order valence-electron chi connectivity index (χ2n) is 4.74. The van der Waals surface area contributed by atoms with E-state index in [2.05, 4.69) is 15.9 Å². The van der Waals surface area contributed by atoms with Crippen molar-refractivity contribution in [3.8, 4) is 0 Å². The zero-order valence-electron chi connectivity index (χ0n) is 12.0. The minimum atomic E-state index is -3.30. The number of nitrogens with zero attached hydrogens (tertiary/aromatic N) is 1. The quantitative estimate of drug-likeness (QED) is 0.633. The molecule has 0 saturated heterocycles. The molecule has 0 heterocycles. The molecule has 0 spiro atoms. The highest BCUT2D eigenvalue weighted by molar-refractivity contribution is 9.09. The van der Waals surface area contributed by atoms with Crippen molar-refractivity contribution in [1.82, 2.24) is 4.31 Å². The van der Waals surface area contributed by atoms with E-state index in [1.165, 1.54) is 4.31 Å². The lowest BCUT2D eigenvalue weighted by Crippen LogP contribution is -2.35. The van der Waals surface area contributed by atoms with Crippen LogP contribution < -0.4 is 0 Å². The fourth-order valence-electron chi connectivity index (χ4n) is 1.72. The lowest BCUT2D eigenvalue weighted by atomic mass is 10.2. The van der Waals surface area contributed by atoms with Crippen molar-refractivity contribution in [3.63, 3.8) is 0 Å². The molecule has 1 aromatic rings. The van der Waals surface area contributed by atoms with Crippen LogP contribution in [-0.4, -0.2) is 43.1 Å². The summed E-state index contributed by atoms with van der Waals surface area (Å²) in [4.78, 5) is 0. The van der Waals surface area contributed by atoms with E-state index in [9.17, 15) is 8.42 Å². The van der Waals surface area contributed by atoms with Crippen molar-refractivity contribution in [1.29, 1.82) is 0 Å². The van der Waals surface area contributed by atoms with Gasteiger partial charge in [0, 0.05) is 18.4 Å². The lowest BCUT2D eigenvalue weighted by Gasteiger charge is -2.21. The number of halogens is 1.